The maximum absolute atomic E-state index is 13.0. The molecule has 2 aromatic carbocycles. The van der Waals surface area contributed by atoms with Crippen molar-refractivity contribution in [1.29, 1.82) is 0 Å². The number of aromatic nitrogens is 2. The quantitative estimate of drug-likeness (QED) is 0.595. The zero-order chi connectivity index (χ0) is 20.4. The third-order valence-electron chi connectivity index (χ3n) is 5.33. The Bertz CT molecular complexity index is 1030. The van der Waals surface area contributed by atoms with Crippen LogP contribution in [0, 0.1) is 13.8 Å². The zero-order valence-electron chi connectivity index (χ0n) is 16.5. The highest BCUT2D eigenvalue weighted by atomic mass is 35.5. The molecule has 1 aromatic heterocycles. The third kappa shape index (κ3) is 4.27. The van der Waals surface area contributed by atoms with Crippen molar-refractivity contribution in [2.75, 3.05) is 11.9 Å². The molecule has 1 saturated heterocycles. The normalized spacial score (nSPS) is 16.7. The van der Waals surface area contributed by atoms with E-state index in [2.05, 4.69) is 22.4 Å². The number of benzene rings is 2. The van der Waals surface area contributed by atoms with Gasteiger partial charge in [-0.05, 0) is 68.5 Å². The number of carbonyl (C=O) groups is 1. The minimum Gasteiger partial charge on any atom is -0.337 e. The van der Waals surface area contributed by atoms with Gasteiger partial charge in [-0.2, -0.15) is 4.98 Å². The smallest absolute Gasteiger partial charge is 0.322 e. The molecule has 1 aliphatic heterocycles. The second kappa shape index (κ2) is 8.25. The Morgan fingerprint density at radius 3 is 2.83 bits per heavy atom. The number of piperidine rings is 1. The van der Waals surface area contributed by atoms with Gasteiger partial charge in [-0.25, -0.2) is 4.79 Å². The fourth-order valence-electron chi connectivity index (χ4n) is 3.56. The summed E-state index contributed by atoms with van der Waals surface area (Å²) in [5.74, 6) is 0.928. The Hall–Kier alpha value is -2.86. The fourth-order valence-corrected chi connectivity index (χ4v) is 3.75. The Morgan fingerprint density at radius 2 is 2.03 bits per heavy atom. The summed E-state index contributed by atoms with van der Waals surface area (Å²) in [4.78, 5) is 19.3. The van der Waals surface area contributed by atoms with Crippen molar-refractivity contribution in [3.05, 3.63) is 64.5 Å². The van der Waals surface area contributed by atoms with Crippen molar-refractivity contribution < 1.29 is 9.32 Å². The van der Waals surface area contributed by atoms with Gasteiger partial charge in [-0.1, -0.05) is 35.0 Å². The molecule has 0 bridgehead atoms. The molecule has 0 saturated carbocycles. The summed E-state index contributed by atoms with van der Waals surface area (Å²) in [7, 11) is 0. The minimum absolute atomic E-state index is 0.152. The highest BCUT2D eigenvalue weighted by Crippen LogP contribution is 2.32. The van der Waals surface area contributed by atoms with Crippen molar-refractivity contribution in [3.8, 4) is 11.4 Å². The fraction of sp³-hybridized carbons (Fsp3) is 0.318. The largest absolute Gasteiger partial charge is 0.337 e. The standard InChI is InChI=1S/C22H23ClN4O2/c1-14-9-10-18(12-15(14)2)24-22(28)27-11-4-3-8-19(27)21-25-20(26-29-21)16-6-5-7-17(23)13-16/h5-7,9-10,12-13,19H,3-4,8,11H2,1-2H3,(H,24,28)/t19-/m1/s1. The zero-order valence-corrected chi connectivity index (χ0v) is 17.2. The number of urea groups is 1. The lowest BCUT2D eigenvalue weighted by molar-refractivity contribution is 0.142. The molecule has 1 N–H and O–H groups in total. The Labute approximate surface area is 174 Å². The van der Waals surface area contributed by atoms with Gasteiger partial charge in [0.1, 0.15) is 6.04 Å². The van der Waals surface area contributed by atoms with Crippen molar-refractivity contribution in [1.82, 2.24) is 15.0 Å². The maximum Gasteiger partial charge on any atom is 0.322 e. The van der Waals surface area contributed by atoms with Crippen molar-refractivity contribution in [3.63, 3.8) is 0 Å². The molecule has 29 heavy (non-hydrogen) atoms. The van der Waals surface area contributed by atoms with E-state index >= 15 is 0 Å². The van der Waals surface area contributed by atoms with Gasteiger partial charge in [0.05, 0.1) is 0 Å². The number of nitrogens with zero attached hydrogens (tertiary/aromatic N) is 3. The lowest BCUT2D eigenvalue weighted by atomic mass is 10.0. The average molecular weight is 411 g/mol. The highest BCUT2D eigenvalue weighted by molar-refractivity contribution is 6.30. The lowest BCUT2D eigenvalue weighted by Gasteiger charge is -2.33. The molecule has 1 aliphatic rings. The number of rotatable bonds is 3. The van der Waals surface area contributed by atoms with E-state index in [9.17, 15) is 4.79 Å². The van der Waals surface area contributed by atoms with Gasteiger partial charge >= 0.3 is 6.03 Å². The molecule has 6 nitrogen and oxygen atoms in total. The van der Waals surface area contributed by atoms with Crippen LogP contribution >= 0.6 is 11.6 Å². The van der Waals surface area contributed by atoms with Gasteiger partial charge in [0.25, 0.3) is 0 Å². The molecule has 0 radical (unpaired) electrons. The molecule has 150 valence electrons. The number of anilines is 1. The van der Waals surface area contributed by atoms with Crippen LogP contribution in [0.4, 0.5) is 10.5 Å². The van der Waals surface area contributed by atoms with Crippen LogP contribution in [0.3, 0.4) is 0 Å². The molecule has 4 rings (SSSR count). The number of nitrogens with one attached hydrogen (secondary N) is 1. The van der Waals surface area contributed by atoms with Crippen LogP contribution in [0.1, 0.15) is 42.3 Å². The van der Waals surface area contributed by atoms with Gasteiger partial charge in [0.15, 0.2) is 0 Å². The van der Waals surface area contributed by atoms with E-state index in [1.165, 1.54) is 5.56 Å². The summed E-state index contributed by atoms with van der Waals surface area (Å²) in [6.07, 6.45) is 2.75. The van der Waals surface area contributed by atoms with E-state index in [1.807, 2.05) is 37.3 Å². The van der Waals surface area contributed by atoms with Gasteiger partial charge in [-0.15, -0.1) is 0 Å². The van der Waals surface area contributed by atoms with Gasteiger partial charge in [0.2, 0.25) is 11.7 Å². The first-order valence-electron chi connectivity index (χ1n) is 9.75. The predicted molar refractivity (Wildman–Crippen MR) is 113 cm³/mol. The molecular weight excluding hydrogens is 388 g/mol. The number of hydrogen-bond donors (Lipinski definition) is 1. The first-order valence-corrected chi connectivity index (χ1v) is 10.1. The summed E-state index contributed by atoms with van der Waals surface area (Å²) in [5.41, 5.74) is 3.90. The number of halogens is 1. The number of carbonyl (C=O) groups excluding carboxylic acids is 1. The highest BCUT2D eigenvalue weighted by Gasteiger charge is 2.32. The van der Waals surface area contributed by atoms with Crippen molar-refractivity contribution in [2.45, 2.75) is 39.2 Å². The van der Waals surface area contributed by atoms with E-state index < -0.39 is 0 Å². The van der Waals surface area contributed by atoms with E-state index in [4.69, 9.17) is 16.1 Å². The number of likely N-dealkylation sites (tertiary alicyclic amines) is 1. The molecule has 7 heteroatoms. The van der Waals surface area contributed by atoms with E-state index in [-0.39, 0.29) is 12.1 Å². The first-order chi connectivity index (χ1) is 14.0. The van der Waals surface area contributed by atoms with Gasteiger partial charge in [0, 0.05) is 22.8 Å². The monoisotopic (exact) mass is 410 g/mol. The first kappa shape index (κ1) is 19.5. The molecule has 2 amide bonds. The molecule has 1 fully saturated rings. The molecule has 0 spiro atoms. The van der Waals surface area contributed by atoms with Gasteiger partial charge < -0.3 is 14.7 Å². The predicted octanol–water partition coefficient (Wildman–Crippen LogP) is 5.77. The van der Waals surface area contributed by atoms with Crippen LogP contribution in [0.5, 0.6) is 0 Å². The summed E-state index contributed by atoms with van der Waals surface area (Å²) < 4.78 is 5.54. The van der Waals surface area contributed by atoms with Crippen LogP contribution in [0.2, 0.25) is 5.02 Å². The SMILES string of the molecule is Cc1ccc(NC(=O)N2CCCC[C@@H]2c2nc(-c3cccc(Cl)c3)no2)cc1C. The van der Waals surface area contributed by atoms with Crippen LogP contribution in [0.25, 0.3) is 11.4 Å². The van der Waals surface area contributed by atoms with Crippen LogP contribution < -0.4 is 5.32 Å². The van der Waals surface area contributed by atoms with Gasteiger partial charge in [-0.3, -0.25) is 0 Å². The van der Waals surface area contributed by atoms with Crippen molar-refractivity contribution >= 4 is 23.3 Å². The second-order valence-corrected chi connectivity index (χ2v) is 7.84. The molecule has 2 heterocycles. The average Bonchev–Trinajstić information content (AvgIpc) is 3.21. The molecular formula is C22H23ClN4O2. The maximum atomic E-state index is 13.0. The molecule has 1 atom stereocenters. The second-order valence-electron chi connectivity index (χ2n) is 7.40. The Kier molecular flexibility index (Phi) is 5.53. The molecule has 3 aromatic rings. The van der Waals surface area contributed by atoms with Crippen molar-refractivity contribution in [2.24, 2.45) is 0 Å². The van der Waals surface area contributed by atoms with Crippen LogP contribution in [-0.2, 0) is 0 Å². The van der Waals surface area contributed by atoms with Crippen LogP contribution in [-0.4, -0.2) is 27.6 Å². The molecule has 0 unspecified atom stereocenters. The number of hydrogen-bond acceptors (Lipinski definition) is 4. The summed E-state index contributed by atoms with van der Waals surface area (Å²) in [6, 6.07) is 12.8. The van der Waals surface area contributed by atoms with E-state index in [0.717, 1.165) is 36.1 Å². The minimum atomic E-state index is -0.240. The summed E-state index contributed by atoms with van der Waals surface area (Å²) in [5, 5.41) is 7.72. The third-order valence-corrected chi connectivity index (χ3v) is 5.57. The van der Waals surface area contributed by atoms with E-state index in [1.54, 1.807) is 17.0 Å². The lowest BCUT2D eigenvalue weighted by Crippen LogP contribution is -2.41. The number of aryl methyl sites for hydroxylation is 2. The summed E-state index contributed by atoms with van der Waals surface area (Å²) >= 11 is 6.07. The summed E-state index contributed by atoms with van der Waals surface area (Å²) in [6.45, 7) is 4.73. The topological polar surface area (TPSA) is 71.3 Å². The van der Waals surface area contributed by atoms with Crippen LogP contribution in [0.15, 0.2) is 47.0 Å². The number of amides is 2. The molecule has 0 aliphatic carbocycles. The Balaban J connectivity index is 1.54. The van der Waals surface area contributed by atoms with E-state index in [0.29, 0.717) is 23.3 Å². The Morgan fingerprint density at radius 1 is 1.17 bits per heavy atom.